The molecular formula is C24H24N2. The molecule has 3 aromatic carbocycles. The minimum atomic E-state index is 0.708. The van der Waals surface area contributed by atoms with Crippen LogP contribution in [0.4, 0.5) is 5.69 Å². The maximum absolute atomic E-state index is 6.32. The maximum Gasteiger partial charge on any atom is 0.0556 e. The van der Waals surface area contributed by atoms with Gasteiger partial charge in [-0.15, -0.1) is 0 Å². The summed E-state index contributed by atoms with van der Waals surface area (Å²) >= 11 is 0. The van der Waals surface area contributed by atoms with Crippen LogP contribution >= 0.6 is 0 Å². The summed E-state index contributed by atoms with van der Waals surface area (Å²) in [4.78, 5) is 2.05. The third-order valence-electron chi connectivity index (χ3n) is 4.35. The molecule has 0 aliphatic heterocycles. The Bertz CT molecular complexity index is 925. The molecule has 0 atom stereocenters. The summed E-state index contributed by atoms with van der Waals surface area (Å²) in [6, 6.07) is 26.8. The molecule has 0 bridgehead atoms. The Morgan fingerprint density at radius 3 is 2.08 bits per heavy atom. The Kier molecular flexibility index (Phi) is 5.23. The normalized spacial score (nSPS) is 11.2. The molecule has 0 saturated carbocycles. The van der Waals surface area contributed by atoms with Crippen molar-refractivity contribution in [3.63, 3.8) is 0 Å². The molecule has 0 fully saturated rings. The average molecular weight is 340 g/mol. The number of benzene rings is 3. The zero-order chi connectivity index (χ0) is 18.5. The summed E-state index contributed by atoms with van der Waals surface area (Å²) in [5.74, 6) is 0. The number of hydrogen-bond donors (Lipinski definition) is 1. The summed E-state index contributed by atoms with van der Waals surface area (Å²) in [5.41, 5.74) is 13.6. The summed E-state index contributed by atoms with van der Waals surface area (Å²) in [6.07, 6.45) is 1.95. The fourth-order valence-electron chi connectivity index (χ4n) is 2.97. The Balaban J connectivity index is 1.98. The summed E-state index contributed by atoms with van der Waals surface area (Å²) in [5, 5.41) is 0. The molecule has 0 heterocycles. The lowest BCUT2D eigenvalue weighted by atomic mass is 10.0. The second kappa shape index (κ2) is 7.75. The average Bonchev–Trinajstić information content (AvgIpc) is 2.67. The van der Waals surface area contributed by atoms with Crippen LogP contribution in [0.25, 0.3) is 16.8 Å². The van der Waals surface area contributed by atoms with E-state index >= 15 is 0 Å². The summed E-state index contributed by atoms with van der Waals surface area (Å²) < 4.78 is 0. The summed E-state index contributed by atoms with van der Waals surface area (Å²) in [7, 11) is 0. The van der Waals surface area contributed by atoms with Crippen molar-refractivity contribution in [3.05, 3.63) is 108 Å². The van der Waals surface area contributed by atoms with Crippen LogP contribution in [0.5, 0.6) is 0 Å². The highest BCUT2D eigenvalue weighted by molar-refractivity contribution is 5.73. The molecule has 0 aromatic heterocycles. The molecule has 0 amide bonds. The van der Waals surface area contributed by atoms with E-state index in [1.165, 1.54) is 16.7 Å². The van der Waals surface area contributed by atoms with Crippen LogP contribution in [0.1, 0.15) is 18.1 Å². The van der Waals surface area contributed by atoms with Crippen molar-refractivity contribution in [1.29, 1.82) is 0 Å². The monoisotopic (exact) mass is 340 g/mol. The first-order valence-electron chi connectivity index (χ1n) is 8.70. The predicted molar refractivity (Wildman–Crippen MR) is 113 cm³/mol. The van der Waals surface area contributed by atoms with E-state index in [4.69, 9.17) is 5.73 Å². The van der Waals surface area contributed by atoms with Crippen molar-refractivity contribution in [2.45, 2.75) is 13.8 Å². The van der Waals surface area contributed by atoms with Gasteiger partial charge in [0.2, 0.25) is 0 Å². The van der Waals surface area contributed by atoms with Gasteiger partial charge in [0.15, 0.2) is 0 Å². The van der Waals surface area contributed by atoms with E-state index in [0.717, 1.165) is 16.9 Å². The molecule has 3 aromatic rings. The zero-order valence-electron chi connectivity index (χ0n) is 15.3. The lowest BCUT2D eigenvalue weighted by Crippen LogP contribution is -2.16. The highest BCUT2D eigenvalue weighted by Gasteiger charge is 2.10. The van der Waals surface area contributed by atoms with E-state index < -0.39 is 0 Å². The minimum Gasteiger partial charge on any atom is -0.397 e. The van der Waals surface area contributed by atoms with Gasteiger partial charge in [-0.25, -0.2) is 0 Å². The molecule has 2 nitrogen and oxygen atoms in total. The Hall–Kier alpha value is -3.26. The highest BCUT2D eigenvalue weighted by atomic mass is 15.1. The topological polar surface area (TPSA) is 29.3 Å². The second-order valence-corrected chi connectivity index (χ2v) is 6.42. The second-order valence-electron chi connectivity index (χ2n) is 6.42. The first-order valence-corrected chi connectivity index (χ1v) is 8.70. The third kappa shape index (κ3) is 3.86. The number of anilines is 1. The van der Waals surface area contributed by atoms with E-state index in [2.05, 4.69) is 56.0 Å². The Labute approximate surface area is 155 Å². The molecule has 0 aliphatic carbocycles. The van der Waals surface area contributed by atoms with E-state index in [0.29, 0.717) is 5.70 Å². The van der Waals surface area contributed by atoms with Gasteiger partial charge in [-0.05, 0) is 48.2 Å². The van der Waals surface area contributed by atoms with E-state index in [1.54, 1.807) is 0 Å². The fraction of sp³-hybridized carbons (Fsp3) is 0.0833. The molecule has 26 heavy (non-hydrogen) atoms. The van der Waals surface area contributed by atoms with Crippen LogP contribution in [0.15, 0.2) is 97.3 Å². The lowest BCUT2D eigenvalue weighted by Gasteiger charge is -2.24. The molecule has 3 rings (SSSR count). The molecule has 0 radical (unpaired) electrons. The molecule has 0 unspecified atom stereocenters. The molecule has 0 aliphatic rings. The number of allylic oxidation sites excluding steroid dienone is 1. The van der Waals surface area contributed by atoms with Crippen molar-refractivity contribution in [3.8, 4) is 11.1 Å². The number of rotatable bonds is 5. The van der Waals surface area contributed by atoms with Gasteiger partial charge in [0, 0.05) is 17.6 Å². The number of nitrogens with zero attached hydrogens (tertiary/aromatic N) is 1. The SMILES string of the molecule is C=C(C)N(/C=C(\N)c1ccccc1)c1ccc(-c2ccccc2)cc1C. The quantitative estimate of drug-likeness (QED) is 0.621. The third-order valence-corrected chi connectivity index (χ3v) is 4.35. The van der Waals surface area contributed by atoms with Crippen LogP contribution in [0, 0.1) is 6.92 Å². The van der Waals surface area contributed by atoms with Crippen LogP contribution in [-0.2, 0) is 0 Å². The maximum atomic E-state index is 6.32. The van der Waals surface area contributed by atoms with E-state index in [1.807, 2.05) is 54.4 Å². The summed E-state index contributed by atoms with van der Waals surface area (Å²) in [6.45, 7) is 8.23. The number of nitrogens with two attached hydrogens (primary N) is 1. The largest absolute Gasteiger partial charge is 0.397 e. The molecule has 2 heteroatoms. The zero-order valence-corrected chi connectivity index (χ0v) is 15.3. The van der Waals surface area contributed by atoms with Crippen LogP contribution in [0.2, 0.25) is 0 Å². The van der Waals surface area contributed by atoms with Crippen molar-refractivity contribution in [2.24, 2.45) is 5.73 Å². The van der Waals surface area contributed by atoms with Gasteiger partial charge in [-0.3, -0.25) is 0 Å². The number of aryl methyl sites for hydroxylation is 1. The van der Waals surface area contributed by atoms with Gasteiger partial charge in [-0.1, -0.05) is 73.3 Å². The lowest BCUT2D eigenvalue weighted by molar-refractivity contribution is 1.14. The van der Waals surface area contributed by atoms with Crippen molar-refractivity contribution in [2.75, 3.05) is 4.90 Å². The first kappa shape index (κ1) is 17.6. The highest BCUT2D eigenvalue weighted by Crippen LogP contribution is 2.29. The molecule has 0 spiro atoms. The fourth-order valence-corrected chi connectivity index (χ4v) is 2.97. The van der Waals surface area contributed by atoms with Gasteiger partial charge in [0.05, 0.1) is 5.70 Å². The van der Waals surface area contributed by atoms with Gasteiger partial charge < -0.3 is 10.6 Å². The van der Waals surface area contributed by atoms with Gasteiger partial charge >= 0.3 is 0 Å². The van der Waals surface area contributed by atoms with E-state index in [-0.39, 0.29) is 0 Å². The smallest absolute Gasteiger partial charge is 0.0556 e. The van der Waals surface area contributed by atoms with Gasteiger partial charge in [-0.2, -0.15) is 0 Å². The molecule has 2 N–H and O–H groups in total. The first-order chi connectivity index (χ1) is 12.6. The molecular weight excluding hydrogens is 316 g/mol. The van der Waals surface area contributed by atoms with Gasteiger partial charge in [0.1, 0.15) is 0 Å². The number of hydrogen-bond acceptors (Lipinski definition) is 2. The van der Waals surface area contributed by atoms with Crippen molar-refractivity contribution in [1.82, 2.24) is 0 Å². The molecule has 0 saturated heterocycles. The van der Waals surface area contributed by atoms with Crippen molar-refractivity contribution >= 4 is 11.4 Å². The van der Waals surface area contributed by atoms with Crippen LogP contribution < -0.4 is 10.6 Å². The van der Waals surface area contributed by atoms with E-state index in [9.17, 15) is 0 Å². The predicted octanol–water partition coefficient (Wildman–Crippen LogP) is 5.96. The van der Waals surface area contributed by atoms with Gasteiger partial charge in [0.25, 0.3) is 0 Å². The Morgan fingerprint density at radius 1 is 0.885 bits per heavy atom. The standard InChI is InChI=1S/C24H24N2/c1-18(2)26(17-23(25)21-12-8-5-9-13-21)24-15-14-22(16-19(24)3)20-10-6-4-7-11-20/h4-17H,1,25H2,2-3H3/b23-17-. The van der Waals surface area contributed by atoms with Crippen LogP contribution in [0.3, 0.4) is 0 Å². The molecule has 130 valence electrons. The Morgan fingerprint density at radius 2 is 1.50 bits per heavy atom. The minimum absolute atomic E-state index is 0.708. The van der Waals surface area contributed by atoms with Crippen LogP contribution in [-0.4, -0.2) is 0 Å². The van der Waals surface area contributed by atoms with Crippen molar-refractivity contribution < 1.29 is 0 Å².